The highest BCUT2D eigenvalue weighted by atomic mass is 16.5. The molecule has 7 heteroatoms. The van der Waals surface area contributed by atoms with Crippen LogP contribution in [0.2, 0.25) is 0 Å². The van der Waals surface area contributed by atoms with Gasteiger partial charge in [-0.25, -0.2) is 0 Å². The van der Waals surface area contributed by atoms with E-state index in [1.165, 1.54) is 6.08 Å². The third kappa shape index (κ3) is 4.20. The molecule has 0 fully saturated rings. The monoisotopic (exact) mass is 379 g/mol. The molecule has 0 bridgehead atoms. The van der Waals surface area contributed by atoms with Gasteiger partial charge >= 0.3 is 0 Å². The molecule has 1 aliphatic rings. The highest BCUT2D eigenvalue weighted by Gasteiger charge is 2.24. The van der Waals surface area contributed by atoms with Gasteiger partial charge in [0.25, 0.3) is 11.8 Å². The summed E-state index contributed by atoms with van der Waals surface area (Å²) in [6, 6.07) is 12.0. The molecule has 1 heterocycles. The van der Waals surface area contributed by atoms with Crippen molar-refractivity contribution < 1.29 is 19.1 Å². The quantitative estimate of drug-likeness (QED) is 0.752. The molecule has 2 aromatic rings. The molecule has 0 radical (unpaired) electrons. The van der Waals surface area contributed by atoms with Crippen LogP contribution < -0.4 is 20.7 Å². The average molecular weight is 379 g/mol. The molecule has 144 valence electrons. The Balaban J connectivity index is 1.82. The predicted molar refractivity (Wildman–Crippen MR) is 106 cm³/mol. The van der Waals surface area contributed by atoms with E-state index in [4.69, 9.17) is 10.5 Å². The van der Waals surface area contributed by atoms with Gasteiger partial charge in [0.2, 0.25) is 5.91 Å². The predicted octanol–water partition coefficient (Wildman–Crippen LogP) is 2.27. The topological polar surface area (TPSA) is 102 Å². The Morgan fingerprint density at radius 1 is 1.21 bits per heavy atom. The summed E-state index contributed by atoms with van der Waals surface area (Å²) in [5.74, 6) is -0.618. The first-order chi connectivity index (χ1) is 13.5. The summed E-state index contributed by atoms with van der Waals surface area (Å²) in [5.41, 5.74) is 7.69. The molecule has 1 aliphatic heterocycles. The van der Waals surface area contributed by atoms with Crippen LogP contribution in [0.5, 0.6) is 5.75 Å². The van der Waals surface area contributed by atoms with Crippen LogP contribution in [0.1, 0.15) is 22.3 Å². The molecule has 0 unspecified atom stereocenters. The van der Waals surface area contributed by atoms with Gasteiger partial charge in [-0.2, -0.15) is 0 Å². The number of amides is 3. The van der Waals surface area contributed by atoms with Crippen molar-refractivity contribution in [3.05, 3.63) is 66.2 Å². The number of carbonyl (C=O) groups is 3. The minimum absolute atomic E-state index is 0.183. The smallest absolute Gasteiger partial charge is 0.256 e. The number of benzene rings is 2. The van der Waals surface area contributed by atoms with Crippen molar-refractivity contribution in [2.24, 2.45) is 5.73 Å². The average Bonchev–Trinajstić information content (AvgIpc) is 2.71. The number of ether oxygens (including phenoxy) is 1. The Morgan fingerprint density at radius 2 is 2.00 bits per heavy atom. The second-order valence-corrected chi connectivity index (χ2v) is 6.34. The lowest BCUT2D eigenvalue weighted by molar-refractivity contribution is -0.120. The molecule has 0 saturated carbocycles. The Kier molecular flexibility index (Phi) is 5.74. The summed E-state index contributed by atoms with van der Waals surface area (Å²) in [4.78, 5) is 37.5. The Hall–Kier alpha value is -3.61. The van der Waals surface area contributed by atoms with Crippen LogP contribution in [0.3, 0.4) is 0 Å². The third-order valence-electron chi connectivity index (χ3n) is 4.41. The number of fused-ring (bicyclic) bond motifs is 1. The van der Waals surface area contributed by atoms with Crippen molar-refractivity contribution in [3.8, 4) is 5.75 Å². The third-order valence-corrected chi connectivity index (χ3v) is 4.41. The summed E-state index contributed by atoms with van der Waals surface area (Å²) >= 11 is 0. The van der Waals surface area contributed by atoms with Gasteiger partial charge < -0.3 is 20.7 Å². The number of carbonyl (C=O) groups excluding carboxylic acids is 3. The van der Waals surface area contributed by atoms with Gasteiger partial charge in [-0.05, 0) is 48.7 Å². The molecule has 28 heavy (non-hydrogen) atoms. The lowest BCUT2D eigenvalue weighted by atomic mass is 9.95. The zero-order chi connectivity index (χ0) is 20.1. The van der Waals surface area contributed by atoms with Gasteiger partial charge in [-0.15, -0.1) is 0 Å². The van der Waals surface area contributed by atoms with Crippen LogP contribution in [0.15, 0.2) is 55.1 Å². The van der Waals surface area contributed by atoms with Crippen LogP contribution in [-0.2, 0) is 16.0 Å². The van der Waals surface area contributed by atoms with Crippen molar-refractivity contribution in [3.63, 3.8) is 0 Å². The molecular formula is C21H21N3O4. The largest absolute Gasteiger partial charge is 0.484 e. The van der Waals surface area contributed by atoms with Crippen LogP contribution >= 0.6 is 0 Å². The maximum Gasteiger partial charge on any atom is 0.256 e. The molecule has 0 aromatic heterocycles. The Morgan fingerprint density at radius 3 is 2.75 bits per heavy atom. The highest BCUT2D eigenvalue weighted by Crippen LogP contribution is 2.31. The van der Waals surface area contributed by atoms with Crippen molar-refractivity contribution in [2.45, 2.75) is 12.8 Å². The van der Waals surface area contributed by atoms with Gasteiger partial charge in [0, 0.05) is 29.5 Å². The van der Waals surface area contributed by atoms with Crippen molar-refractivity contribution in [1.29, 1.82) is 0 Å². The molecule has 3 rings (SSSR count). The summed E-state index contributed by atoms with van der Waals surface area (Å²) in [7, 11) is 0. The van der Waals surface area contributed by atoms with E-state index in [1.807, 2.05) is 6.07 Å². The number of anilines is 2. The normalized spacial score (nSPS) is 12.6. The molecule has 3 N–H and O–H groups in total. The summed E-state index contributed by atoms with van der Waals surface area (Å²) in [6.07, 6.45) is 2.76. The lowest BCUT2D eigenvalue weighted by Gasteiger charge is -2.29. The van der Waals surface area contributed by atoms with Crippen LogP contribution in [0.25, 0.3) is 0 Å². The van der Waals surface area contributed by atoms with Gasteiger partial charge in [0.15, 0.2) is 6.61 Å². The van der Waals surface area contributed by atoms with Crippen LogP contribution in [0.4, 0.5) is 11.4 Å². The second kappa shape index (κ2) is 8.39. The van der Waals surface area contributed by atoms with E-state index < -0.39 is 5.91 Å². The Labute approximate surface area is 162 Å². The van der Waals surface area contributed by atoms with Crippen LogP contribution in [0, 0.1) is 0 Å². The maximum absolute atomic E-state index is 12.9. The number of nitrogens with one attached hydrogen (secondary N) is 1. The van der Waals surface area contributed by atoms with E-state index in [0.717, 1.165) is 17.7 Å². The fourth-order valence-corrected chi connectivity index (χ4v) is 3.19. The molecule has 2 aromatic carbocycles. The lowest BCUT2D eigenvalue weighted by Crippen LogP contribution is -2.35. The van der Waals surface area contributed by atoms with E-state index >= 15 is 0 Å². The van der Waals surface area contributed by atoms with E-state index in [1.54, 1.807) is 41.3 Å². The summed E-state index contributed by atoms with van der Waals surface area (Å²) in [6.45, 7) is 3.91. The number of nitrogens with zero attached hydrogens (tertiary/aromatic N) is 1. The standard InChI is InChI=1S/C21H21N3O4/c1-2-20(26)24-11-5-9-16-17(8-4-10-18(16)24)21(27)23-14-6-3-7-15(12-14)28-13-19(22)25/h2-4,6-8,10,12H,1,5,9,11,13H2,(H2,22,25)(H,23,27). The van der Waals surface area contributed by atoms with Gasteiger partial charge in [-0.1, -0.05) is 18.7 Å². The van der Waals surface area contributed by atoms with E-state index in [-0.39, 0.29) is 18.4 Å². The molecule has 0 atom stereocenters. The molecule has 7 nitrogen and oxygen atoms in total. The number of primary amides is 1. The second-order valence-electron chi connectivity index (χ2n) is 6.34. The maximum atomic E-state index is 12.9. The Bertz CT molecular complexity index is 939. The fraction of sp³-hybridized carbons (Fsp3) is 0.190. The fourth-order valence-electron chi connectivity index (χ4n) is 3.19. The molecular weight excluding hydrogens is 358 g/mol. The highest BCUT2D eigenvalue weighted by molar-refractivity contribution is 6.08. The first-order valence-corrected chi connectivity index (χ1v) is 8.88. The van der Waals surface area contributed by atoms with E-state index in [9.17, 15) is 14.4 Å². The van der Waals surface area contributed by atoms with E-state index in [2.05, 4.69) is 11.9 Å². The zero-order valence-electron chi connectivity index (χ0n) is 15.3. The molecule has 0 aliphatic carbocycles. The SMILES string of the molecule is C=CC(=O)N1CCCc2c(C(=O)Nc3cccc(OCC(N)=O)c3)cccc21. The zero-order valence-corrected chi connectivity index (χ0v) is 15.3. The van der Waals surface area contributed by atoms with Gasteiger partial charge in [0.05, 0.1) is 0 Å². The van der Waals surface area contributed by atoms with Gasteiger partial charge in [0.1, 0.15) is 5.75 Å². The number of nitrogens with two attached hydrogens (primary N) is 1. The van der Waals surface area contributed by atoms with Crippen molar-refractivity contribution in [1.82, 2.24) is 0 Å². The van der Waals surface area contributed by atoms with Crippen molar-refractivity contribution >= 4 is 29.1 Å². The van der Waals surface area contributed by atoms with Crippen molar-refractivity contribution in [2.75, 3.05) is 23.4 Å². The number of hydrogen-bond donors (Lipinski definition) is 2. The molecule has 3 amide bonds. The minimum atomic E-state index is -0.580. The van der Waals surface area contributed by atoms with E-state index in [0.29, 0.717) is 30.0 Å². The first-order valence-electron chi connectivity index (χ1n) is 8.88. The summed E-state index contributed by atoms with van der Waals surface area (Å²) in [5, 5.41) is 2.84. The van der Waals surface area contributed by atoms with Crippen LogP contribution in [-0.4, -0.2) is 30.9 Å². The van der Waals surface area contributed by atoms with Gasteiger partial charge in [-0.3, -0.25) is 14.4 Å². The molecule has 0 spiro atoms. The minimum Gasteiger partial charge on any atom is -0.484 e. The summed E-state index contributed by atoms with van der Waals surface area (Å²) < 4.78 is 5.26. The molecule has 0 saturated heterocycles. The first kappa shape index (κ1) is 19.2. The number of hydrogen-bond acceptors (Lipinski definition) is 4. The number of rotatable bonds is 6.